The summed E-state index contributed by atoms with van der Waals surface area (Å²) >= 11 is 1.45. The number of ether oxygens (including phenoxy) is 1. The predicted octanol–water partition coefficient (Wildman–Crippen LogP) is 5.16. The summed E-state index contributed by atoms with van der Waals surface area (Å²) in [5, 5.41) is 11.6. The Hall–Kier alpha value is -1.92. The molecule has 3 fully saturated rings. The molecule has 1 heterocycles. The molecule has 2 bridgehead atoms. The molecule has 8 atom stereocenters. The number of allylic oxidation sites excluding steroid dienone is 1. The van der Waals surface area contributed by atoms with Crippen molar-refractivity contribution in [3.8, 4) is 0 Å². The van der Waals surface area contributed by atoms with Crippen LogP contribution in [0.5, 0.6) is 0 Å². The zero-order valence-electron chi connectivity index (χ0n) is 22.2. The number of carbonyl (C=O) groups excluding carboxylic acids is 2. The molecule has 6 heteroatoms. The van der Waals surface area contributed by atoms with Crippen molar-refractivity contribution < 1.29 is 24.0 Å². The second-order valence-corrected chi connectivity index (χ2v) is 12.9. The highest BCUT2D eigenvalue weighted by Crippen LogP contribution is 2.68. The van der Waals surface area contributed by atoms with Crippen LogP contribution in [0.15, 0.2) is 54.7 Å². The van der Waals surface area contributed by atoms with Crippen LogP contribution in [0.25, 0.3) is 0 Å². The lowest BCUT2D eigenvalue weighted by Gasteiger charge is -2.61. The first-order chi connectivity index (χ1) is 17.0. The second kappa shape index (κ2) is 10.1. The number of rotatable bonds is 7. The van der Waals surface area contributed by atoms with Crippen LogP contribution >= 0.6 is 11.8 Å². The van der Waals surface area contributed by atoms with Crippen LogP contribution in [0.3, 0.4) is 0 Å². The Bertz CT molecular complexity index is 1020. The van der Waals surface area contributed by atoms with Gasteiger partial charge in [0.05, 0.1) is 11.9 Å². The van der Waals surface area contributed by atoms with E-state index in [2.05, 4.69) is 33.9 Å². The van der Waals surface area contributed by atoms with Gasteiger partial charge in [-0.3, -0.25) is 9.59 Å². The molecule has 0 amide bonds. The van der Waals surface area contributed by atoms with Gasteiger partial charge in [0.15, 0.2) is 18.9 Å². The summed E-state index contributed by atoms with van der Waals surface area (Å²) in [6.07, 6.45) is 10.2. The summed E-state index contributed by atoms with van der Waals surface area (Å²) in [4.78, 5) is 27.7. The average Bonchev–Trinajstić information content (AvgIpc) is 3.22. The SMILES string of the molecule is C=CC[n+]1ccc(SCC(=O)O[C@@H]2C[C@@](C)(C=C)[C@@H](O)[C@H](C)[C@]34CCC(=O)[C@H]3[C@@]2(C)[C@H](C)CC4)cc1. The normalized spacial score (nSPS) is 40.0. The molecule has 1 N–H and O–H groups in total. The zero-order valence-corrected chi connectivity index (χ0v) is 23.1. The second-order valence-electron chi connectivity index (χ2n) is 11.9. The van der Waals surface area contributed by atoms with Crippen molar-refractivity contribution in [1.29, 1.82) is 0 Å². The molecule has 196 valence electrons. The molecule has 0 aromatic carbocycles. The zero-order chi connectivity index (χ0) is 26.3. The van der Waals surface area contributed by atoms with Crippen LogP contribution < -0.4 is 4.57 Å². The molecule has 5 nitrogen and oxygen atoms in total. The summed E-state index contributed by atoms with van der Waals surface area (Å²) in [6, 6.07) is 3.97. The number of nitrogens with zero attached hydrogens (tertiary/aromatic N) is 1. The first kappa shape index (κ1) is 27.1. The maximum atomic E-state index is 13.5. The van der Waals surface area contributed by atoms with E-state index in [-0.39, 0.29) is 40.7 Å². The number of pyridine rings is 1. The monoisotopic (exact) mass is 512 g/mol. The van der Waals surface area contributed by atoms with Crippen LogP contribution in [0.2, 0.25) is 0 Å². The minimum Gasteiger partial charge on any atom is -0.461 e. The topological polar surface area (TPSA) is 67.5 Å². The fraction of sp³-hybridized carbons (Fsp3) is 0.633. The summed E-state index contributed by atoms with van der Waals surface area (Å²) in [7, 11) is 0. The first-order valence-electron chi connectivity index (χ1n) is 13.3. The van der Waals surface area contributed by atoms with E-state index >= 15 is 0 Å². The number of Topliss-reactive ketones (excluding diaryl/α,β-unsaturated/α-hetero) is 1. The molecule has 0 unspecified atom stereocenters. The molecule has 3 aliphatic rings. The van der Waals surface area contributed by atoms with Gasteiger partial charge in [-0.15, -0.1) is 18.3 Å². The minimum atomic E-state index is -0.650. The van der Waals surface area contributed by atoms with E-state index in [0.717, 1.165) is 30.7 Å². The number of hydrogen-bond acceptors (Lipinski definition) is 5. The van der Waals surface area contributed by atoms with Gasteiger partial charge in [-0.2, -0.15) is 0 Å². The van der Waals surface area contributed by atoms with Crippen LogP contribution in [-0.4, -0.2) is 34.8 Å². The molecular formula is C30H42NO4S+. The number of aliphatic hydroxyl groups is 1. The van der Waals surface area contributed by atoms with Gasteiger partial charge < -0.3 is 9.84 Å². The lowest BCUT2D eigenvalue weighted by atomic mass is 9.44. The van der Waals surface area contributed by atoms with Crippen LogP contribution in [-0.2, 0) is 20.9 Å². The maximum absolute atomic E-state index is 13.5. The van der Waals surface area contributed by atoms with E-state index in [0.29, 0.717) is 12.8 Å². The number of aliphatic hydroxyl groups excluding tert-OH is 1. The smallest absolute Gasteiger partial charge is 0.316 e. The molecule has 3 saturated carbocycles. The lowest BCUT2D eigenvalue weighted by Crippen LogP contribution is -2.63. The largest absolute Gasteiger partial charge is 0.461 e. The van der Waals surface area contributed by atoms with Crippen molar-refractivity contribution in [3.05, 3.63) is 49.8 Å². The molecule has 36 heavy (non-hydrogen) atoms. The number of esters is 1. The van der Waals surface area contributed by atoms with Crippen molar-refractivity contribution in [2.45, 2.75) is 83.4 Å². The van der Waals surface area contributed by atoms with E-state index in [1.807, 2.05) is 48.2 Å². The van der Waals surface area contributed by atoms with Gasteiger partial charge >= 0.3 is 5.97 Å². The van der Waals surface area contributed by atoms with Gasteiger partial charge in [0.1, 0.15) is 11.9 Å². The van der Waals surface area contributed by atoms with Gasteiger partial charge in [0.2, 0.25) is 0 Å². The molecular weight excluding hydrogens is 470 g/mol. The van der Waals surface area contributed by atoms with E-state index in [9.17, 15) is 14.7 Å². The minimum absolute atomic E-state index is 0.0297. The van der Waals surface area contributed by atoms with Crippen LogP contribution in [0, 0.1) is 34.0 Å². The van der Waals surface area contributed by atoms with Crippen LogP contribution in [0.4, 0.5) is 0 Å². The standard InChI is InChI=1S/C30H42NO4S/c1-7-15-31-16-11-22(12-17-31)36-19-25(33)35-24-18-28(5,8-2)27(34)21(4)30-13-9-20(3)29(24,6)26(30)23(32)10-14-30/h7-8,11-12,16-17,20-21,24,26-27,34H,1-2,9-10,13-15,18-19H2,3-6H3/q+1/t20-,21+,24-,26+,27+,28-,29+,30+/m1/s1. The fourth-order valence-corrected chi connectivity index (χ4v) is 8.31. The summed E-state index contributed by atoms with van der Waals surface area (Å²) in [6.45, 7) is 17.1. The van der Waals surface area contributed by atoms with Crippen LogP contribution in [0.1, 0.15) is 59.8 Å². The van der Waals surface area contributed by atoms with Gasteiger partial charge in [-0.25, -0.2) is 4.57 Å². The number of hydrogen-bond donors (Lipinski definition) is 1. The highest BCUT2D eigenvalue weighted by atomic mass is 32.2. The predicted molar refractivity (Wildman–Crippen MR) is 142 cm³/mol. The highest BCUT2D eigenvalue weighted by Gasteiger charge is 2.68. The molecule has 0 spiro atoms. The third kappa shape index (κ3) is 4.38. The van der Waals surface area contributed by atoms with Crippen molar-refractivity contribution in [3.63, 3.8) is 0 Å². The summed E-state index contributed by atoms with van der Waals surface area (Å²) in [5.74, 6) is 0.190. The Kier molecular flexibility index (Phi) is 7.60. The summed E-state index contributed by atoms with van der Waals surface area (Å²) in [5.41, 5.74) is -1.35. The average molecular weight is 513 g/mol. The molecule has 3 aliphatic carbocycles. The highest BCUT2D eigenvalue weighted by molar-refractivity contribution is 8.00. The molecule has 0 aliphatic heterocycles. The van der Waals surface area contributed by atoms with E-state index < -0.39 is 23.0 Å². The Morgan fingerprint density at radius 3 is 2.58 bits per heavy atom. The quantitative estimate of drug-likeness (QED) is 0.237. The molecule has 0 radical (unpaired) electrons. The van der Waals surface area contributed by atoms with Gasteiger partial charge in [-0.1, -0.05) is 40.3 Å². The number of ketones is 1. The molecule has 0 saturated heterocycles. The Labute approximate surface area is 220 Å². The number of carbonyl (C=O) groups is 2. The van der Waals surface area contributed by atoms with Crippen molar-refractivity contribution in [1.82, 2.24) is 0 Å². The van der Waals surface area contributed by atoms with E-state index in [1.54, 1.807) is 0 Å². The molecule has 1 aromatic heterocycles. The molecule has 1 aromatic rings. The molecule has 4 rings (SSSR count). The Morgan fingerprint density at radius 1 is 1.25 bits per heavy atom. The van der Waals surface area contributed by atoms with Gasteiger partial charge in [0.25, 0.3) is 0 Å². The van der Waals surface area contributed by atoms with Crippen molar-refractivity contribution >= 4 is 23.5 Å². The summed E-state index contributed by atoms with van der Waals surface area (Å²) < 4.78 is 8.33. The number of aromatic nitrogens is 1. The third-order valence-electron chi connectivity index (χ3n) is 10.1. The van der Waals surface area contributed by atoms with Gasteiger partial charge in [-0.05, 0) is 49.0 Å². The van der Waals surface area contributed by atoms with Gasteiger partial charge in [0, 0.05) is 40.2 Å². The number of thioether (sulfide) groups is 1. The maximum Gasteiger partial charge on any atom is 0.316 e. The Morgan fingerprint density at radius 2 is 1.94 bits per heavy atom. The van der Waals surface area contributed by atoms with Crippen molar-refractivity contribution in [2.24, 2.45) is 34.0 Å². The van der Waals surface area contributed by atoms with E-state index in [1.165, 1.54) is 11.8 Å². The lowest BCUT2D eigenvalue weighted by molar-refractivity contribution is -0.687. The van der Waals surface area contributed by atoms with Crippen molar-refractivity contribution in [2.75, 3.05) is 5.75 Å². The Balaban J connectivity index is 1.62. The third-order valence-corrected chi connectivity index (χ3v) is 11.1. The van der Waals surface area contributed by atoms with E-state index in [4.69, 9.17) is 4.74 Å². The first-order valence-corrected chi connectivity index (χ1v) is 14.3. The fourth-order valence-electron chi connectivity index (χ4n) is 7.65.